The van der Waals surface area contributed by atoms with Crippen LogP contribution in [0.25, 0.3) is 0 Å². The number of benzene rings is 2. The lowest BCUT2D eigenvalue weighted by Gasteiger charge is -2.13. The molecule has 1 aromatic heterocycles. The van der Waals surface area contributed by atoms with Gasteiger partial charge in [0.25, 0.3) is 11.8 Å². The number of ether oxygens (including phenoxy) is 2. The molecule has 3 aromatic rings. The van der Waals surface area contributed by atoms with Crippen LogP contribution >= 0.6 is 0 Å². The number of nitrogens with zero attached hydrogens (tertiary/aromatic N) is 1. The zero-order chi connectivity index (χ0) is 19.9. The number of amides is 2. The van der Waals surface area contributed by atoms with Gasteiger partial charge in [-0.15, -0.1) is 0 Å². The fourth-order valence-electron chi connectivity index (χ4n) is 2.68. The number of rotatable bonds is 7. The van der Waals surface area contributed by atoms with Gasteiger partial charge in [-0.2, -0.15) is 5.10 Å². The zero-order valence-corrected chi connectivity index (χ0v) is 15.5. The summed E-state index contributed by atoms with van der Waals surface area (Å²) in [6.07, 6.45) is 1.37. The third-order valence-electron chi connectivity index (χ3n) is 4.07. The highest BCUT2D eigenvalue weighted by atomic mass is 16.5. The molecular formula is C20H20N4O4. The number of carbonyl (C=O) groups excluding carboxylic acids is 2. The maximum atomic E-state index is 12.8. The molecule has 0 radical (unpaired) electrons. The first-order valence-electron chi connectivity index (χ1n) is 8.52. The third-order valence-corrected chi connectivity index (χ3v) is 4.07. The molecule has 0 aliphatic carbocycles. The second-order valence-corrected chi connectivity index (χ2v) is 5.82. The van der Waals surface area contributed by atoms with Crippen molar-refractivity contribution in [3.05, 3.63) is 71.5 Å². The van der Waals surface area contributed by atoms with E-state index in [2.05, 4.69) is 20.8 Å². The SMILES string of the molecule is COc1cccc(OC)c1C(=O)Nc1cn[nH]c1C(=O)NCc1ccccc1. The van der Waals surface area contributed by atoms with E-state index in [1.807, 2.05) is 30.3 Å². The van der Waals surface area contributed by atoms with Crippen molar-refractivity contribution in [1.29, 1.82) is 0 Å². The number of H-pyrrole nitrogens is 1. The monoisotopic (exact) mass is 380 g/mol. The molecule has 3 N–H and O–H groups in total. The number of aromatic nitrogens is 2. The quantitative estimate of drug-likeness (QED) is 0.584. The van der Waals surface area contributed by atoms with Crippen molar-refractivity contribution in [2.45, 2.75) is 6.54 Å². The van der Waals surface area contributed by atoms with E-state index in [0.717, 1.165) is 5.56 Å². The highest BCUT2D eigenvalue weighted by Gasteiger charge is 2.21. The molecule has 0 aliphatic heterocycles. The van der Waals surface area contributed by atoms with E-state index >= 15 is 0 Å². The molecule has 0 fully saturated rings. The average Bonchev–Trinajstić information content (AvgIpc) is 3.20. The Kier molecular flexibility index (Phi) is 5.91. The average molecular weight is 380 g/mol. The van der Waals surface area contributed by atoms with E-state index in [-0.39, 0.29) is 22.9 Å². The van der Waals surface area contributed by atoms with Gasteiger partial charge in [0, 0.05) is 6.54 Å². The molecule has 0 aliphatic rings. The van der Waals surface area contributed by atoms with E-state index in [1.165, 1.54) is 20.4 Å². The van der Waals surface area contributed by atoms with Gasteiger partial charge >= 0.3 is 0 Å². The molecule has 2 amide bonds. The Bertz CT molecular complexity index is 947. The standard InChI is InChI=1S/C20H20N4O4/c1-27-15-9-6-10-16(28-2)17(15)19(25)23-14-12-22-24-18(14)20(26)21-11-13-7-4-3-5-8-13/h3-10,12H,11H2,1-2H3,(H,21,26)(H,22,24)(H,23,25). The van der Waals surface area contributed by atoms with Crippen molar-refractivity contribution >= 4 is 17.5 Å². The number of hydrogen-bond acceptors (Lipinski definition) is 5. The third kappa shape index (κ3) is 4.12. The van der Waals surface area contributed by atoms with Gasteiger partial charge in [-0.05, 0) is 17.7 Å². The van der Waals surface area contributed by atoms with Crippen LogP contribution in [0, 0.1) is 0 Å². The predicted molar refractivity (Wildman–Crippen MR) is 104 cm³/mol. The minimum atomic E-state index is -0.479. The van der Waals surface area contributed by atoms with Crippen LogP contribution in [0.1, 0.15) is 26.4 Å². The Morgan fingerprint density at radius 2 is 1.64 bits per heavy atom. The van der Waals surface area contributed by atoms with Gasteiger partial charge < -0.3 is 20.1 Å². The van der Waals surface area contributed by atoms with Crippen molar-refractivity contribution in [3.63, 3.8) is 0 Å². The van der Waals surface area contributed by atoms with E-state index in [1.54, 1.807) is 18.2 Å². The van der Waals surface area contributed by atoms with Crippen LogP contribution in [0.2, 0.25) is 0 Å². The second kappa shape index (κ2) is 8.72. The van der Waals surface area contributed by atoms with Crippen LogP contribution in [-0.4, -0.2) is 36.2 Å². The number of aromatic amines is 1. The zero-order valence-electron chi connectivity index (χ0n) is 15.5. The first-order chi connectivity index (χ1) is 13.6. The van der Waals surface area contributed by atoms with Crippen LogP contribution in [-0.2, 0) is 6.54 Å². The molecular weight excluding hydrogens is 360 g/mol. The Labute approximate surface area is 161 Å². The molecule has 0 saturated carbocycles. The summed E-state index contributed by atoms with van der Waals surface area (Å²) in [7, 11) is 2.93. The van der Waals surface area contributed by atoms with Gasteiger partial charge in [0.05, 0.1) is 26.1 Å². The number of methoxy groups -OCH3 is 2. The second-order valence-electron chi connectivity index (χ2n) is 5.82. The molecule has 0 saturated heterocycles. The van der Waals surface area contributed by atoms with Gasteiger partial charge in [-0.25, -0.2) is 0 Å². The first-order valence-corrected chi connectivity index (χ1v) is 8.52. The maximum Gasteiger partial charge on any atom is 0.271 e. The molecule has 2 aromatic carbocycles. The summed E-state index contributed by atoms with van der Waals surface area (Å²) < 4.78 is 10.5. The van der Waals surface area contributed by atoms with Gasteiger partial charge in [0.2, 0.25) is 0 Å². The molecule has 3 rings (SSSR count). The van der Waals surface area contributed by atoms with E-state index in [0.29, 0.717) is 18.0 Å². The van der Waals surface area contributed by atoms with Gasteiger partial charge in [-0.3, -0.25) is 14.7 Å². The van der Waals surface area contributed by atoms with Crippen LogP contribution in [0.3, 0.4) is 0 Å². The molecule has 28 heavy (non-hydrogen) atoms. The van der Waals surface area contributed by atoms with Crippen molar-refractivity contribution in [2.75, 3.05) is 19.5 Å². The summed E-state index contributed by atoms with van der Waals surface area (Å²) in [5.74, 6) is -0.151. The lowest BCUT2D eigenvalue weighted by Crippen LogP contribution is -2.25. The number of anilines is 1. The lowest BCUT2D eigenvalue weighted by atomic mass is 10.1. The minimum absolute atomic E-state index is 0.151. The fraction of sp³-hybridized carbons (Fsp3) is 0.150. The molecule has 0 atom stereocenters. The van der Waals surface area contributed by atoms with Crippen molar-refractivity contribution in [1.82, 2.24) is 15.5 Å². The van der Waals surface area contributed by atoms with Crippen LogP contribution in [0.4, 0.5) is 5.69 Å². The fourth-order valence-corrected chi connectivity index (χ4v) is 2.68. The molecule has 144 valence electrons. The van der Waals surface area contributed by atoms with Gasteiger partial charge in [0.15, 0.2) is 0 Å². The summed E-state index contributed by atoms with van der Waals surface area (Å²) >= 11 is 0. The molecule has 8 heteroatoms. The summed E-state index contributed by atoms with van der Waals surface area (Å²) in [6.45, 7) is 0.354. The Hall–Kier alpha value is -3.81. The number of nitrogens with one attached hydrogen (secondary N) is 3. The Balaban J connectivity index is 1.75. The minimum Gasteiger partial charge on any atom is -0.496 e. The highest BCUT2D eigenvalue weighted by molar-refractivity contribution is 6.10. The topological polar surface area (TPSA) is 105 Å². The van der Waals surface area contributed by atoms with Crippen LogP contribution in [0.5, 0.6) is 11.5 Å². The number of hydrogen-bond donors (Lipinski definition) is 3. The Morgan fingerprint density at radius 3 is 2.29 bits per heavy atom. The van der Waals surface area contributed by atoms with Crippen LogP contribution < -0.4 is 20.1 Å². The first kappa shape index (κ1) is 19.0. The number of carbonyl (C=O) groups is 2. The largest absolute Gasteiger partial charge is 0.496 e. The smallest absolute Gasteiger partial charge is 0.271 e. The van der Waals surface area contributed by atoms with Crippen molar-refractivity contribution in [3.8, 4) is 11.5 Å². The summed E-state index contributed by atoms with van der Waals surface area (Å²) in [5.41, 5.74) is 1.59. The van der Waals surface area contributed by atoms with Crippen LogP contribution in [0.15, 0.2) is 54.7 Å². The summed E-state index contributed by atoms with van der Waals surface area (Å²) in [5, 5.41) is 12.0. The summed E-state index contributed by atoms with van der Waals surface area (Å²) in [4.78, 5) is 25.3. The predicted octanol–water partition coefficient (Wildman–Crippen LogP) is 2.61. The van der Waals surface area contributed by atoms with Gasteiger partial charge in [-0.1, -0.05) is 36.4 Å². The molecule has 0 bridgehead atoms. The molecule has 8 nitrogen and oxygen atoms in total. The highest BCUT2D eigenvalue weighted by Crippen LogP contribution is 2.29. The van der Waals surface area contributed by atoms with Crippen molar-refractivity contribution in [2.24, 2.45) is 0 Å². The van der Waals surface area contributed by atoms with E-state index < -0.39 is 5.91 Å². The normalized spacial score (nSPS) is 10.2. The van der Waals surface area contributed by atoms with Gasteiger partial charge in [0.1, 0.15) is 22.8 Å². The molecule has 0 unspecified atom stereocenters. The van der Waals surface area contributed by atoms with Crippen molar-refractivity contribution < 1.29 is 19.1 Å². The van der Waals surface area contributed by atoms with E-state index in [4.69, 9.17) is 9.47 Å². The molecule has 1 heterocycles. The maximum absolute atomic E-state index is 12.8. The summed E-state index contributed by atoms with van der Waals surface area (Å²) in [6, 6.07) is 14.5. The Morgan fingerprint density at radius 1 is 0.964 bits per heavy atom. The molecule has 0 spiro atoms. The lowest BCUT2D eigenvalue weighted by molar-refractivity contribution is 0.0946. The van der Waals surface area contributed by atoms with E-state index in [9.17, 15) is 9.59 Å².